The van der Waals surface area contributed by atoms with E-state index in [1.807, 2.05) is 16.9 Å². The molecule has 0 aliphatic carbocycles. The third-order valence-electron chi connectivity index (χ3n) is 3.54. The monoisotopic (exact) mass is 308 g/mol. The number of likely N-dealkylation sites (tertiary alicyclic amines) is 1. The summed E-state index contributed by atoms with van der Waals surface area (Å²) >= 11 is 3.50. The Bertz CT molecular complexity index is 531. The maximum Gasteiger partial charge on any atom is 0.158 e. The van der Waals surface area contributed by atoms with Crippen molar-refractivity contribution in [1.82, 2.24) is 19.7 Å². The summed E-state index contributed by atoms with van der Waals surface area (Å²) in [5.74, 6) is 0. The van der Waals surface area contributed by atoms with Crippen molar-refractivity contribution in [3.05, 3.63) is 22.9 Å². The van der Waals surface area contributed by atoms with Gasteiger partial charge in [-0.3, -0.25) is 0 Å². The number of hydrogen-bond donors (Lipinski definition) is 0. The Labute approximate surface area is 115 Å². The number of pyridine rings is 1. The summed E-state index contributed by atoms with van der Waals surface area (Å²) in [6, 6.07) is 4.00. The van der Waals surface area contributed by atoms with E-state index in [4.69, 9.17) is 0 Å². The number of piperidine rings is 1. The Morgan fingerprint density at radius 1 is 1.17 bits per heavy atom. The molecule has 0 radical (unpaired) electrons. The molecule has 5 heteroatoms. The van der Waals surface area contributed by atoms with Crippen LogP contribution in [0.1, 0.15) is 19.3 Å². The average molecular weight is 309 g/mol. The Hall–Kier alpha value is -0.940. The normalized spacial score (nSPS) is 17.4. The molecule has 4 nitrogen and oxygen atoms in total. The maximum absolute atomic E-state index is 4.52. The average Bonchev–Trinajstić information content (AvgIpc) is 2.75. The molecule has 0 saturated carbocycles. The number of aromatic nitrogens is 3. The quantitative estimate of drug-likeness (QED) is 0.874. The van der Waals surface area contributed by atoms with Gasteiger partial charge in [0.1, 0.15) is 4.60 Å². The van der Waals surface area contributed by atoms with Gasteiger partial charge in [-0.15, -0.1) is 0 Å². The molecule has 0 aromatic carbocycles. The van der Waals surface area contributed by atoms with Crippen LogP contribution >= 0.6 is 15.9 Å². The molecule has 96 valence electrons. The summed E-state index contributed by atoms with van der Waals surface area (Å²) in [5, 5.41) is 5.61. The minimum absolute atomic E-state index is 0.893. The molecule has 0 N–H and O–H groups in total. The van der Waals surface area contributed by atoms with Crippen molar-refractivity contribution in [2.24, 2.45) is 0 Å². The van der Waals surface area contributed by atoms with Gasteiger partial charge in [0, 0.05) is 12.7 Å². The Morgan fingerprint density at radius 3 is 2.83 bits per heavy atom. The second kappa shape index (κ2) is 5.36. The maximum atomic E-state index is 4.52. The van der Waals surface area contributed by atoms with E-state index < -0.39 is 0 Å². The Morgan fingerprint density at radius 2 is 2.00 bits per heavy atom. The van der Waals surface area contributed by atoms with Crippen molar-refractivity contribution in [3.8, 4) is 0 Å². The van der Waals surface area contributed by atoms with Crippen LogP contribution in [0.25, 0.3) is 11.0 Å². The van der Waals surface area contributed by atoms with E-state index in [2.05, 4.69) is 37.0 Å². The van der Waals surface area contributed by atoms with Gasteiger partial charge in [0.25, 0.3) is 0 Å². The van der Waals surface area contributed by atoms with Crippen LogP contribution in [-0.2, 0) is 6.54 Å². The zero-order valence-corrected chi connectivity index (χ0v) is 11.9. The van der Waals surface area contributed by atoms with Crippen LogP contribution in [0.4, 0.5) is 0 Å². The number of nitrogens with zero attached hydrogens (tertiary/aromatic N) is 4. The van der Waals surface area contributed by atoms with Crippen LogP contribution in [0.3, 0.4) is 0 Å². The van der Waals surface area contributed by atoms with Gasteiger partial charge in [0.2, 0.25) is 0 Å². The van der Waals surface area contributed by atoms with Crippen LogP contribution in [-0.4, -0.2) is 39.3 Å². The van der Waals surface area contributed by atoms with Crippen molar-refractivity contribution in [3.63, 3.8) is 0 Å². The SMILES string of the molecule is Brc1nn(CCN2CCCCC2)c2ncccc12. The summed E-state index contributed by atoms with van der Waals surface area (Å²) in [6.45, 7) is 4.44. The highest BCUT2D eigenvalue weighted by Gasteiger charge is 2.12. The number of halogens is 1. The molecule has 0 unspecified atom stereocenters. The molecule has 0 atom stereocenters. The number of rotatable bonds is 3. The fourth-order valence-electron chi connectivity index (χ4n) is 2.55. The largest absolute Gasteiger partial charge is 0.301 e. The van der Waals surface area contributed by atoms with Crippen LogP contribution in [0.2, 0.25) is 0 Å². The first-order valence-electron chi connectivity index (χ1n) is 6.54. The van der Waals surface area contributed by atoms with Gasteiger partial charge < -0.3 is 4.90 Å². The lowest BCUT2D eigenvalue weighted by atomic mass is 10.1. The molecule has 1 aliphatic rings. The summed E-state index contributed by atoms with van der Waals surface area (Å²) in [4.78, 5) is 6.94. The Balaban J connectivity index is 1.74. The van der Waals surface area contributed by atoms with Gasteiger partial charge in [0.15, 0.2) is 5.65 Å². The highest BCUT2D eigenvalue weighted by molar-refractivity contribution is 9.10. The minimum atomic E-state index is 0.893. The van der Waals surface area contributed by atoms with Crippen molar-refractivity contribution >= 4 is 27.0 Å². The zero-order chi connectivity index (χ0) is 12.4. The van der Waals surface area contributed by atoms with Gasteiger partial charge in [-0.2, -0.15) is 5.10 Å². The molecular formula is C13H17BrN4. The third-order valence-corrected chi connectivity index (χ3v) is 4.12. The summed E-state index contributed by atoms with van der Waals surface area (Å²) < 4.78 is 2.90. The van der Waals surface area contributed by atoms with E-state index in [0.29, 0.717) is 0 Å². The molecule has 2 aromatic heterocycles. The first-order valence-corrected chi connectivity index (χ1v) is 7.33. The van der Waals surface area contributed by atoms with E-state index in [0.717, 1.165) is 28.7 Å². The van der Waals surface area contributed by atoms with E-state index in [1.165, 1.54) is 32.4 Å². The minimum Gasteiger partial charge on any atom is -0.301 e. The lowest BCUT2D eigenvalue weighted by Gasteiger charge is -2.26. The summed E-state index contributed by atoms with van der Waals surface area (Å²) in [6.07, 6.45) is 5.88. The summed E-state index contributed by atoms with van der Waals surface area (Å²) in [5.41, 5.74) is 0.974. The second-order valence-corrected chi connectivity index (χ2v) is 5.54. The van der Waals surface area contributed by atoms with Crippen molar-refractivity contribution in [1.29, 1.82) is 0 Å². The van der Waals surface area contributed by atoms with Crippen LogP contribution in [0.15, 0.2) is 22.9 Å². The molecular weight excluding hydrogens is 292 g/mol. The van der Waals surface area contributed by atoms with Gasteiger partial charge in [-0.1, -0.05) is 6.42 Å². The van der Waals surface area contributed by atoms with Gasteiger partial charge in [-0.25, -0.2) is 9.67 Å². The van der Waals surface area contributed by atoms with Gasteiger partial charge in [-0.05, 0) is 54.0 Å². The zero-order valence-electron chi connectivity index (χ0n) is 10.3. The molecule has 1 fully saturated rings. The molecule has 0 amide bonds. The second-order valence-electron chi connectivity index (χ2n) is 4.79. The number of fused-ring (bicyclic) bond motifs is 1. The predicted molar refractivity (Wildman–Crippen MR) is 75.5 cm³/mol. The van der Waals surface area contributed by atoms with Crippen LogP contribution in [0, 0.1) is 0 Å². The van der Waals surface area contributed by atoms with Crippen LogP contribution in [0.5, 0.6) is 0 Å². The fourth-order valence-corrected chi connectivity index (χ4v) is 3.05. The summed E-state index contributed by atoms with van der Waals surface area (Å²) in [7, 11) is 0. The first kappa shape index (κ1) is 12.1. The first-order chi connectivity index (χ1) is 8.84. The highest BCUT2D eigenvalue weighted by atomic mass is 79.9. The lowest BCUT2D eigenvalue weighted by molar-refractivity contribution is 0.218. The molecule has 2 aromatic rings. The van der Waals surface area contributed by atoms with Crippen molar-refractivity contribution < 1.29 is 0 Å². The van der Waals surface area contributed by atoms with Crippen LogP contribution < -0.4 is 0 Å². The van der Waals surface area contributed by atoms with Crippen molar-refractivity contribution in [2.75, 3.05) is 19.6 Å². The third kappa shape index (κ3) is 2.42. The van der Waals surface area contributed by atoms with E-state index in [9.17, 15) is 0 Å². The molecule has 3 heterocycles. The van der Waals surface area contributed by atoms with E-state index in [1.54, 1.807) is 0 Å². The topological polar surface area (TPSA) is 34.0 Å². The Kier molecular flexibility index (Phi) is 3.61. The van der Waals surface area contributed by atoms with E-state index in [-0.39, 0.29) is 0 Å². The smallest absolute Gasteiger partial charge is 0.158 e. The molecule has 3 rings (SSSR count). The fraction of sp³-hybridized carbons (Fsp3) is 0.538. The van der Waals surface area contributed by atoms with Gasteiger partial charge in [0.05, 0.1) is 11.9 Å². The molecule has 18 heavy (non-hydrogen) atoms. The molecule has 1 aliphatic heterocycles. The predicted octanol–water partition coefficient (Wildman–Crippen LogP) is 2.68. The standard InChI is InChI=1S/C13H17BrN4/c14-12-11-5-4-6-15-13(11)18(16-12)10-9-17-7-2-1-3-8-17/h4-6H,1-3,7-10H2. The highest BCUT2D eigenvalue weighted by Crippen LogP contribution is 2.21. The molecule has 0 spiro atoms. The molecule has 1 saturated heterocycles. The molecule has 0 bridgehead atoms. The van der Waals surface area contributed by atoms with Gasteiger partial charge >= 0.3 is 0 Å². The van der Waals surface area contributed by atoms with E-state index >= 15 is 0 Å². The lowest BCUT2D eigenvalue weighted by Crippen LogP contribution is -2.32. The number of hydrogen-bond acceptors (Lipinski definition) is 3. The van der Waals surface area contributed by atoms with Crippen molar-refractivity contribution in [2.45, 2.75) is 25.8 Å².